The van der Waals surface area contributed by atoms with Crippen molar-refractivity contribution in [2.45, 2.75) is 33.6 Å². The summed E-state index contributed by atoms with van der Waals surface area (Å²) in [5.41, 5.74) is 9.34. The standard InChI is InChI=1S/C25H25N/c1-4-18(2)10-12-20-13-15-23-22-14-11-19(3)16-24(22)26(25(23)17-20)21-8-6-5-7-9-21/h4-10,12-13,15-17H,11,14H2,1-3H3. The fourth-order valence-corrected chi connectivity index (χ4v) is 3.72. The van der Waals surface area contributed by atoms with Crippen molar-refractivity contribution in [2.75, 3.05) is 0 Å². The Balaban J connectivity index is 1.97. The zero-order chi connectivity index (χ0) is 18.1. The molecule has 0 fully saturated rings. The number of allylic oxidation sites excluding steroid dienone is 4. The summed E-state index contributed by atoms with van der Waals surface area (Å²) in [6.07, 6.45) is 11.2. The molecule has 0 saturated carbocycles. The van der Waals surface area contributed by atoms with Gasteiger partial charge in [0.25, 0.3) is 0 Å². The summed E-state index contributed by atoms with van der Waals surface area (Å²) >= 11 is 0. The Bertz CT molecular complexity index is 1040. The molecule has 1 aromatic heterocycles. The highest BCUT2D eigenvalue weighted by Gasteiger charge is 2.19. The highest BCUT2D eigenvalue weighted by Crippen LogP contribution is 2.36. The predicted octanol–water partition coefficient (Wildman–Crippen LogP) is 6.96. The van der Waals surface area contributed by atoms with Crippen LogP contribution in [0.15, 0.2) is 71.8 Å². The number of aromatic nitrogens is 1. The van der Waals surface area contributed by atoms with Gasteiger partial charge in [0.1, 0.15) is 0 Å². The largest absolute Gasteiger partial charge is 0.310 e. The van der Waals surface area contributed by atoms with E-state index in [1.54, 1.807) is 0 Å². The molecule has 0 aliphatic heterocycles. The van der Waals surface area contributed by atoms with E-state index in [1.165, 1.54) is 44.6 Å². The Morgan fingerprint density at radius 2 is 1.85 bits per heavy atom. The van der Waals surface area contributed by atoms with Crippen LogP contribution in [0.4, 0.5) is 0 Å². The molecule has 1 aliphatic carbocycles. The van der Waals surface area contributed by atoms with Crippen molar-refractivity contribution in [3.8, 4) is 5.69 Å². The second-order valence-electron chi connectivity index (χ2n) is 7.17. The Labute approximate surface area is 156 Å². The lowest BCUT2D eigenvalue weighted by molar-refractivity contribution is 0.917. The Hall–Kier alpha value is -2.80. The number of hydrogen-bond donors (Lipinski definition) is 0. The number of nitrogens with zero attached hydrogens (tertiary/aromatic N) is 1. The van der Waals surface area contributed by atoms with E-state index >= 15 is 0 Å². The number of hydrogen-bond acceptors (Lipinski definition) is 0. The fraction of sp³-hybridized carbons (Fsp3) is 0.200. The molecule has 0 amide bonds. The first-order valence-electron chi connectivity index (χ1n) is 9.38. The Morgan fingerprint density at radius 3 is 2.62 bits per heavy atom. The summed E-state index contributed by atoms with van der Waals surface area (Å²) in [4.78, 5) is 0. The quantitative estimate of drug-likeness (QED) is 0.455. The molecule has 0 spiro atoms. The summed E-state index contributed by atoms with van der Waals surface area (Å²) < 4.78 is 2.42. The molecular weight excluding hydrogens is 314 g/mol. The zero-order valence-corrected chi connectivity index (χ0v) is 15.8. The Morgan fingerprint density at radius 1 is 1.04 bits per heavy atom. The van der Waals surface area contributed by atoms with Crippen molar-refractivity contribution in [1.29, 1.82) is 0 Å². The van der Waals surface area contributed by atoms with Gasteiger partial charge < -0.3 is 4.57 Å². The summed E-state index contributed by atoms with van der Waals surface area (Å²) in [5.74, 6) is 0. The molecule has 130 valence electrons. The third-order valence-electron chi connectivity index (χ3n) is 5.30. The van der Waals surface area contributed by atoms with Crippen LogP contribution in [0.2, 0.25) is 0 Å². The van der Waals surface area contributed by atoms with Crippen LogP contribution in [0.3, 0.4) is 0 Å². The number of fused-ring (bicyclic) bond motifs is 3. The minimum absolute atomic E-state index is 1.13. The van der Waals surface area contributed by atoms with Crippen LogP contribution in [0.5, 0.6) is 0 Å². The van der Waals surface area contributed by atoms with Crippen molar-refractivity contribution in [3.05, 3.63) is 88.7 Å². The maximum atomic E-state index is 2.42. The van der Waals surface area contributed by atoms with Gasteiger partial charge in [0.05, 0.1) is 5.52 Å². The molecular formula is C25H25N. The van der Waals surface area contributed by atoms with Crippen LogP contribution in [0, 0.1) is 0 Å². The number of rotatable bonds is 3. The van der Waals surface area contributed by atoms with Crippen molar-refractivity contribution in [3.63, 3.8) is 0 Å². The lowest BCUT2D eigenvalue weighted by Crippen LogP contribution is -2.01. The van der Waals surface area contributed by atoms with E-state index in [4.69, 9.17) is 0 Å². The molecule has 1 nitrogen and oxygen atoms in total. The lowest BCUT2D eigenvalue weighted by atomic mass is 9.96. The van der Waals surface area contributed by atoms with Gasteiger partial charge in [-0.25, -0.2) is 0 Å². The second-order valence-corrected chi connectivity index (χ2v) is 7.17. The van der Waals surface area contributed by atoms with E-state index in [9.17, 15) is 0 Å². The first-order valence-corrected chi connectivity index (χ1v) is 9.38. The van der Waals surface area contributed by atoms with Crippen LogP contribution in [-0.4, -0.2) is 4.57 Å². The van der Waals surface area contributed by atoms with Crippen LogP contribution < -0.4 is 0 Å². The normalized spacial score (nSPS) is 14.7. The van der Waals surface area contributed by atoms with Crippen molar-refractivity contribution in [2.24, 2.45) is 0 Å². The third-order valence-corrected chi connectivity index (χ3v) is 5.30. The van der Waals surface area contributed by atoms with Gasteiger partial charge in [0, 0.05) is 16.8 Å². The summed E-state index contributed by atoms with van der Waals surface area (Å²) in [5, 5.41) is 1.38. The maximum absolute atomic E-state index is 2.42. The molecule has 0 atom stereocenters. The van der Waals surface area contributed by atoms with Gasteiger partial charge in [-0.1, -0.05) is 59.7 Å². The topological polar surface area (TPSA) is 4.93 Å². The number of para-hydroxylation sites is 1. The highest BCUT2D eigenvalue weighted by atomic mass is 15.0. The summed E-state index contributed by atoms with van der Waals surface area (Å²) in [7, 11) is 0. The number of benzene rings is 2. The molecule has 0 bridgehead atoms. The van der Waals surface area contributed by atoms with E-state index in [-0.39, 0.29) is 0 Å². The Kier molecular flexibility index (Phi) is 4.38. The van der Waals surface area contributed by atoms with Crippen molar-refractivity contribution < 1.29 is 0 Å². The molecule has 0 radical (unpaired) electrons. The SMILES string of the molecule is CC=C(C)C=Cc1ccc2c3c(n(-c4ccccc4)c2c1)C=C(C)CC3. The van der Waals surface area contributed by atoms with Crippen LogP contribution in [-0.2, 0) is 6.42 Å². The molecule has 0 N–H and O–H groups in total. The fourth-order valence-electron chi connectivity index (χ4n) is 3.72. The lowest BCUT2D eigenvalue weighted by Gasteiger charge is -2.14. The van der Waals surface area contributed by atoms with E-state index in [2.05, 4.69) is 98.2 Å². The molecule has 0 unspecified atom stereocenters. The highest BCUT2D eigenvalue weighted by molar-refractivity contribution is 5.92. The summed E-state index contributed by atoms with van der Waals surface area (Å²) in [6, 6.07) is 17.6. The van der Waals surface area contributed by atoms with Gasteiger partial charge in [-0.2, -0.15) is 0 Å². The van der Waals surface area contributed by atoms with Gasteiger partial charge in [-0.15, -0.1) is 0 Å². The van der Waals surface area contributed by atoms with Crippen molar-refractivity contribution >= 4 is 23.1 Å². The predicted molar refractivity (Wildman–Crippen MR) is 114 cm³/mol. The van der Waals surface area contributed by atoms with E-state index in [1.807, 2.05) is 0 Å². The van der Waals surface area contributed by atoms with E-state index in [0.29, 0.717) is 0 Å². The van der Waals surface area contributed by atoms with Gasteiger partial charge in [-0.05, 0) is 69.0 Å². The molecule has 26 heavy (non-hydrogen) atoms. The van der Waals surface area contributed by atoms with Gasteiger partial charge in [0.2, 0.25) is 0 Å². The second kappa shape index (κ2) is 6.84. The molecule has 2 aromatic carbocycles. The van der Waals surface area contributed by atoms with Crippen LogP contribution in [0.1, 0.15) is 44.0 Å². The molecule has 1 heteroatoms. The van der Waals surface area contributed by atoms with E-state index in [0.717, 1.165) is 12.8 Å². The minimum Gasteiger partial charge on any atom is -0.310 e. The zero-order valence-electron chi connectivity index (χ0n) is 15.8. The molecule has 3 aromatic rings. The van der Waals surface area contributed by atoms with Gasteiger partial charge >= 0.3 is 0 Å². The first kappa shape index (κ1) is 16.7. The summed E-state index contributed by atoms with van der Waals surface area (Å²) in [6.45, 7) is 6.45. The molecule has 1 heterocycles. The smallest absolute Gasteiger partial charge is 0.0543 e. The number of aryl methyl sites for hydroxylation is 1. The van der Waals surface area contributed by atoms with Gasteiger partial charge in [0.15, 0.2) is 0 Å². The van der Waals surface area contributed by atoms with E-state index < -0.39 is 0 Å². The van der Waals surface area contributed by atoms with Crippen molar-refractivity contribution in [1.82, 2.24) is 4.57 Å². The van der Waals surface area contributed by atoms with Crippen LogP contribution >= 0.6 is 0 Å². The average Bonchev–Trinajstić information content (AvgIpc) is 2.99. The van der Waals surface area contributed by atoms with Crippen LogP contribution in [0.25, 0.3) is 28.7 Å². The molecule has 4 rings (SSSR count). The first-order chi connectivity index (χ1) is 12.7. The minimum atomic E-state index is 1.13. The molecule has 0 saturated heterocycles. The maximum Gasteiger partial charge on any atom is 0.0543 e. The van der Waals surface area contributed by atoms with Gasteiger partial charge in [-0.3, -0.25) is 0 Å². The monoisotopic (exact) mass is 339 g/mol. The third kappa shape index (κ3) is 2.94. The molecule has 1 aliphatic rings. The average molecular weight is 339 g/mol.